The monoisotopic (exact) mass is 248 g/mol. The molecule has 0 aliphatic carbocycles. The van der Waals surface area contributed by atoms with Crippen molar-refractivity contribution in [2.24, 2.45) is 0 Å². The van der Waals surface area contributed by atoms with Gasteiger partial charge < -0.3 is 0 Å². The lowest BCUT2D eigenvalue weighted by molar-refractivity contribution is 1.13. The zero-order valence-electron chi connectivity index (χ0n) is 6.59. The third-order valence-corrected chi connectivity index (χ3v) is 4.63. The molecule has 1 fully saturated rings. The summed E-state index contributed by atoms with van der Waals surface area (Å²) in [4.78, 5) is 0. The van der Waals surface area contributed by atoms with Crippen molar-refractivity contribution in [3.8, 4) is 0 Å². The molecule has 0 aromatic heterocycles. The third-order valence-electron chi connectivity index (χ3n) is 1.79. The molecule has 1 saturated heterocycles. The van der Waals surface area contributed by atoms with E-state index in [0.29, 0.717) is 10.3 Å². The highest BCUT2D eigenvalue weighted by molar-refractivity contribution is 8.22. The maximum absolute atomic E-state index is 6.07. The molecule has 0 amide bonds. The predicted molar refractivity (Wildman–Crippen MR) is 62.5 cm³/mol. The summed E-state index contributed by atoms with van der Waals surface area (Å²) in [6.45, 7) is 0. The average molecular weight is 249 g/mol. The van der Waals surface area contributed by atoms with Gasteiger partial charge in [-0.05, 0) is 17.7 Å². The summed E-state index contributed by atoms with van der Waals surface area (Å²) in [6.07, 6.45) is 0. The Morgan fingerprint density at radius 2 is 2.23 bits per heavy atom. The molecule has 13 heavy (non-hydrogen) atoms. The van der Waals surface area contributed by atoms with Crippen LogP contribution in [0.1, 0.15) is 10.8 Å². The number of benzene rings is 1. The van der Waals surface area contributed by atoms with Crippen molar-refractivity contribution in [3.05, 3.63) is 38.9 Å². The van der Waals surface area contributed by atoms with E-state index in [4.69, 9.17) is 23.2 Å². The number of rotatable bonds is 1. The zero-order valence-corrected chi connectivity index (χ0v) is 9.73. The van der Waals surface area contributed by atoms with Crippen LogP contribution in [0, 0.1) is 5.08 Å². The normalized spacial score (nSPS) is 22.2. The van der Waals surface area contributed by atoms with Crippen LogP contribution >= 0.6 is 46.7 Å². The van der Waals surface area contributed by atoms with Crippen LogP contribution in [-0.2, 0) is 0 Å². The first-order valence-corrected chi connectivity index (χ1v) is 6.37. The summed E-state index contributed by atoms with van der Waals surface area (Å²) >= 11 is 15.3. The molecule has 0 bridgehead atoms. The number of thioether (sulfide) groups is 2. The highest BCUT2D eigenvalue weighted by Gasteiger charge is 2.21. The third kappa shape index (κ3) is 2.30. The van der Waals surface area contributed by atoms with Crippen LogP contribution in [0.2, 0.25) is 10.0 Å². The molecule has 0 unspecified atom stereocenters. The minimum atomic E-state index is 0.440. The summed E-state index contributed by atoms with van der Waals surface area (Å²) in [5.41, 5.74) is 1.16. The average Bonchev–Trinajstić information content (AvgIpc) is 2.56. The second-order valence-corrected chi connectivity index (χ2v) is 5.60. The molecule has 1 heterocycles. The van der Waals surface area contributed by atoms with Gasteiger partial charge in [-0.1, -0.05) is 29.3 Å². The SMILES string of the molecule is Clc1ccc([C@@H]2CS[C]S2)c(Cl)c1. The van der Waals surface area contributed by atoms with Gasteiger partial charge in [0.2, 0.25) is 0 Å². The molecule has 0 nitrogen and oxygen atoms in total. The Morgan fingerprint density at radius 3 is 2.85 bits per heavy atom. The van der Waals surface area contributed by atoms with E-state index in [-0.39, 0.29) is 0 Å². The van der Waals surface area contributed by atoms with Crippen molar-refractivity contribution in [2.75, 3.05) is 5.75 Å². The molecule has 1 aromatic rings. The second kappa shape index (κ2) is 4.35. The van der Waals surface area contributed by atoms with Crippen molar-refractivity contribution in [1.82, 2.24) is 0 Å². The fourth-order valence-corrected chi connectivity index (χ4v) is 3.91. The minimum absolute atomic E-state index is 0.440. The fourth-order valence-electron chi connectivity index (χ4n) is 1.15. The first kappa shape index (κ1) is 10.0. The molecule has 1 atom stereocenters. The minimum Gasteiger partial charge on any atom is -0.138 e. The lowest BCUT2D eigenvalue weighted by Gasteiger charge is -2.09. The van der Waals surface area contributed by atoms with Crippen molar-refractivity contribution < 1.29 is 0 Å². The van der Waals surface area contributed by atoms with Gasteiger partial charge in [0.1, 0.15) is 5.08 Å². The lowest BCUT2D eigenvalue weighted by atomic mass is 10.2. The summed E-state index contributed by atoms with van der Waals surface area (Å²) in [5.74, 6) is 1.05. The van der Waals surface area contributed by atoms with E-state index in [1.807, 2.05) is 12.1 Å². The van der Waals surface area contributed by atoms with E-state index in [2.05, 4.69) is 5.08 Å². The van der Waals surface area contributed by atoms with Gasteiger partial charge >= 0.3 is 0 Å². The van der Waals surface area contributed by atoms with E-state index in [1.165, 1.54) is 0 Å². The van der Waals surface area contributed by atoms with Gasteiger partial charge in [-0.25, -0.2) is 0 Å². The Hall–Kier alpha value is 0.500. The van der Waals surface area contributed by atoms with Crippen LogP contribution < -0.4 is 0 Å². The van der Waals surface area contributed by atoms with Crippen LogP contribution in [0.25, 0.3) is 0 Å². The van der Waals surface area contributed by atoms with Crippen LogP contribution in [0.15, 0.2) is 18.2 Å². The largest absolute Gasteiger partial charge is 0.138 e. The van der Waals surface area contributed by atoms with E-state index < -0.39 is 0 Å². The Balaban J connectivity index is 2.29. The van der Waals surface area contributed by atoms with Crippen LogP contribution in [-0.4, -0.2) is 5.75 Å². The van der Waals surface area contributed by atoms with Gasteiger partial charge in [0, 0.05) is 21.0 Å². The maximum atomic E-state index is 6.07. The Kier molecular flexibility index (Phi) is 3.36. The summed E-state index contributed by atoms with van der Waals surface area (Å²) in [5, 5.41) is 5.04. The molecular weight excluding hydrogens is 243 g/mol. The molecule has 0 spiro atoms. The van der Waals surface area contributed by atoms with Gasteiger partial charge in [0.05, 0.1) is 0 Å². The van der Waals surface area contributed by atoms with Gasteiger partial charge in [0.15, 0.2) is 0 Å². The van der Waals surface area contributed by atoms with Gasteiger partial charge in [-0.15, -0.1) is 23.5 Å². The van der Waals surface area contributed by atoms with Crippen LogP contribution in [0.5, 0.6) is 0 Å². The molecular formula is C9H6Cl2S2. The van der Waals surface area contributed by atoms with Crippen LogP contribution in [0.4, 0.5) is 0 Å². The Morgan fingerprint density at radius 1 is 1.38 bits per heavy atom. The second-order valence-electron chi connectivity index (χ2n) is 2.67. The Labute approximate surface area is 96.4 Å². The number of hydrogen-bond acceptors (Lipinski definition) is 2. The highest BCUT2D eigenvalue weighted by atomic mass is 35.5. The molecule has 1 aromatic carbocycles. The van der Waals surface area contributed by atoms with Crippen molar-refractivity contribution >= 4 is 46.7 Å². The first-order chi connectivity index (χ1) is 6.27. The molecule has 2 rings (SSSR count). The molecule has 0 N–H and O–H groups in total. The zero-order chi connectivity index (χ0) is 9.26. The van der Waals surface area contributed by atoms with E-state index in [9.17, 15) is 0 Å². The lowest BCUT2D eigenvalue weighted by Crippen LogP contribution is -1.92. The molecule has 1 aliphatic heterocycles. The van der Waals surface area contributed by atoms with Gasteiger partial charge in [-0.3, -0.25) is 0 Å². The van der Waals surface area contributed by atoms with Crippen molar-refractivity contribution in [1.29, 1.82) is 0 Å². The van der Waals surface area contributed by atoms with Crippen molar-refractivity contribution in [2.45, 2.75) is 5.25 Å². The summed E-state index contributed by atoms with van der Waals surface area (Å²) in [7, 11) is 0. The molecule has 68 valence electrons. The summed E-state index contributed by atoms with van der Waals surface area (Å²) < 4.78 is 0. The quantitative estimate of drug-likeness (QED) is 0.718. The molecule has 0 saturated carbocycles. The molecule has 4 heteroatoms. The highest BCUT2D eigenvalue weighted by Crippen LogP contribution is 2.46. The number of halogens is 2. The van der Waals surface area contributed by atoms with Gasteiger partial charge in [0.25, 0.3) is 0 Å². The van der Waals surface area contributed by atoms with Crippen LogP contribution in [0.3, 0.4) is 0 Å². The predicted octanol–water partition coefficient (Wildman–Crippen LogP) is 4.51. The van der Waals surface area contributed by atoms with Gasteiger partial charge in [-0.2, -0.15) is 0 Å². The topological polar surface area (TPSA) is 0 Å². The summed E-state index contributed by atoms with van der Waals surface area (Å²) in [6, 6.07) is 5.67. The van der Waals surface area contributed by atoms with Crippen molar-refractivity contribution in [3.63, 3.8) is 0 Å². The molecule has 2 radical (unpaired) electrons. The number of hydrogen-bond donors (Lipinski definition) is 0. The standard InChI is InChI=1S/C9H6Cl2S2/c10-6-1-2-7(8(11)3-6)9-4-12-5-13-9/h1-3,9H,4H2/t9-/m0/s1. The Bertz CT molecular complexity index is 308. The first-order valence-electron chi connectivity index (χ1n) is 3.75. The van der Waals surface area contributed by atoms with E-state index in [1.54, 1.807) is 29.6 Å². The fraction of sp³-hybridized carbons (Fsp3) is 0.222. The van der Waals surface area contributed by atoms with E-state index in [0.717, 1.165) is 16.3 Å². The maximum Gasteiger partial charge on any atom is 0.114 e. The smallest absolute Gasteiger partial charge is 0.114 e. The van der Waals surface area contributed by atoms with E-state index >= 15 is 0 Å². The molecule has 1 aliphatic rings.